The van der Waals surface area contributed by atoms with Crippen molar-refractivity contribution >= 4 is 16.8 Å². The van der Waals surface area contributed by atoms with Crippen LogP contribution in [0.5, 0.6) is 5.75 Å². The van der Waals surface area contributed by atoms with Crippen LogP contribution < -0.4 is 4.74 Å². The summed E-state index contributed by atoms with van der Waals surface area (Å²) in [6, 6.07) is 10.9. The van der Waals surface area contributed by atoms with E-state index < -0.39 is 11.6 Å². The van der Waals surface area contributed by atoms with Crippen molar-refractivity contribution in [1.82, 2.24) is 9.47 Å². The first-order chi connectivity index (χ1) is 15.4. The number of aromatic nitrogens is 1. The molecule has 0 bridgehead atoms. The van der Waals surface area contributed by atoms with Crippen LogP contribution in [0.1, 0.15) is 29.9 Å². The smallest absolute Gasteiger partial charge is 0.270 e. The zero-order valence-corrected chi connectivity index (χ0v) is 18.2. The molecule has 1 aliphatic heterocycles. The van der Waals surface area contributed by atoms with Gasteiger partial charge >= 0.3 is 0 Å². The largest absolute Gasteiger partial charge is 0.489 e. The predicted octanol–water partition coefficient (Wildman–Crippen LogP) is 4.78. The Morgan fingerprint density at radius 1 is 1.16 bits per heavy atom. The van der Waals surface area contributed by atoms with Crippen LogP contribution in [0, 0.1) is 11.6 Å². The fraction of sp³-hybridized carbons (Fsp3) is 0.320. The Kier molecular flexibility index (Phi) is 6.28. The molecule has 0 radical (unpaired) electrons. The zero-order valence-electron chi connectivity index (χ0n) is 18.2. The van der Waals surface area contributed by atoms with Crippen LogP contribution in [0.15, 0.2) is 55.1 Å². The molecule has 2 atom stereocenters. The molecule has 5 nitrogen and oxygen atoms in total. The minimum Gasteiger partial charge on any atom is -0.489 e. The molecule has 168 valence electrons. The minimum absolute atomic E-state index is 0.0971. The molecule has 4 rings (SSSR count). The Labute approximate surface area is 185 Å². The first-order valence-electron chi connectivity index (χ1n) is 10.6. The van der Waals surface area contributed by atoms with Gasteiger partial charge in [0.25, 0.3) is 5.91 Å². The zero-order chi connectivity index (χ0) is 22.8. The van der Waals surface area contributed by atoms with Crippen molar-refractivity contribution in [3.63, 3.8) is 0 Å². The van der Waals surface area contributed by atoms with Crippen molar-refractivity contribution in [3.05, 3.63) is 78.0 Å². The highest BCUT2D eigenvalue weighted by atomic mass is 19.1. The van der Waals surface area contributed by atoms with Crippen molar-refractivity contribution in [2.75, 3.05) is 19.7 Å². The molecule has 0 saturated carbocycles. The van der Waals surface area contributed by atoms with Gasteiger partial charge in [0, 0.05) is 24.0 Å². The van der Waals surface area contributed by atoms with Gasteiger partial charge in [-0.1, -0.05) is 24.8 Å². The van der Waals surface area contributed by atoms with E-state index in [0.29, 0.717) is 42.0 Å². The van der Waals surface area contributed by atoms with Crippen LogP contribution in [0.4, 0.5) is 8.78 Å². The monoisotopic (exact) mass is 440 g/mol. The van der Waals surface area contributed by atoms with Crippen LogP contribution in [-0.2, 0) is 11.3 Å². The summed E-state index contributed by atoms with van der Waals surface area (Å²) in [6.45, 7) is 8.57. The van der Waals surface area contributed by atoms with Gasteiger partial charge in [-0.2, -0.15) is 0 Å². The molecule has 0 unspecified atom stereocenters. The highest BCUT2D eigenvalue weighted by Gasteiger charge is 2.29. The van der Waals surface area contributed by atoms with Crippen LogP contribution in [0.25, 0.3) is 10.9 Å². The molecule has 0 aliphatic carbocycles. The van der Waals surface area contributed by atoms with Gasteiger partial charge in [0.1, 0.15) is 29.7 Å². The van der Waals surface area contributed by atoms with E-state index in [1.165, 1.54) is 18.2 Å². The standard InChI is InChI=1S/C25H26F2N2O3/c1-4-11-31-24-10-6-9-22-18(24)12-23(25(30)28-13-16(2)32-17(3)14-28)29(22)15-19-20(26)7-5-8-21(19)27/h4-10,12,16-17H,1,11,13-15H2,2-3H3/t16-,17+. The Bertz CT molecular complexity index is 1130. The van der Waals surface area contributed by atoms with Gasteiger partial charge in [0.15, 0.2) is 0 Å². The van der Waals surface area contributed by atoms with Crippen LogP contribution in [0.3, 0.4) is 0 Å². The SMILES string of the molecule is C=CCOc1cccc2c1cc(C(=O)N1C[C@@H](C)O[C@@H](C)C1)n2Cc1c(F)cccc1F. The number of carbonyl (C=O) groups is 1. The molecule has 1 aliphatic rings. The second kappa shape index (κ2) is 9.12. The van der Waals surface area contributed by atoms with E-state index >= 15 is 0 Å². The molecule has 0 spiro atoms. The quantitative estimate of drug-likeness (QED) is 0.518. The van der Waals surface area contributed by atoms with Crippen molar-refractivity contribution in [3.8, 4) is 5.75 Å². The lowest BCUT2D eigenvalue weighted by Crippen LogP contribution is -2.48. The fourth-order valence-corrected chi connectivity index (χ4v) is 4.23. The van der Waals surface area contributed by atoms with Gasteiger partial charge in [-0.05, 0) is 44.2 Å². The number of rotatable bonds is 6. The number of fused-ring (bicyclic) bond motifs is 1. The van der Waals surface area contributed by atoms with Crippen molar-refractivity contribution in [2.45, 2.75) is 32.6 Å². The third kappa shape index (κ3) is 4.25. The maximum atomic E-state index is 14.5. The number of amides is 1. The molecule has 1 saturated heterocycles. The highest BCUT2D eigenvalue weighted by Crippen LogP contribution is 2.31. The summed E-state index contributed by atoms with van der Waals surface area (Å²) in [7, 11) is 0. The van der Waals surface area contributed by atoms with Gasteiger partial charge in [-0.25, -0.2) is 8.78 Å². The van der Waals surface area contributed by atoms with Crippen LogP contribution >= 0.6 is 0 Å². The maximum absolute atomic E-state index is 14.5. The third-order valence-corrected chi connectivity index (χ3v) is 5.57. The molecule has 1 amide bonds. The second-order valence-electron chi connectivity index (χ2n) is 8.07. The molecular formula is C25H26F2N2O3. The van der Waals surface area contributed by atoms with E-state index in [2.05, 4.69) is 6.58 Å². The van der Waals surface area contributed by atoms with Gasteiger partial charge in [0.05, 0.1) is 24.3 Å². The summed E-state index contributed by atoms with van der Waals surface area (Å²) in [6.07, 6.45) is 1.43. The van der Waals surface area contributed by atoms with Crippen molar-refractivity contribution in [1.29, 1.82) is 0 Å². The number of hydrogen-bond donors (Lipinski definition) is 0. The summed E-state index contributed by atoms with van der Waals surface area (Å²) < 4.78 is 42.1. The van der Waals surface area contributed by atoms with Gasteiger partial charge < -0.3 is 18.9 Å². The van der Waals surface area contributed by atoms with Gasteiger partial charge in [-0.15, -0.1) is 0 Å². The molecule has 1 fully saturated rings. The van der Waals surface area contributed by atoms with E-state index in [1.54, 1.807) is 33.7 Å². The predicted molar refractivity (Wildman–Crippen MR) is 119 cm³/mol. The highest BCUT2D eigenvalue weighted by molar-refractivity contribution is 6.00. The number of ether oxygens (including phenoxy) is 2. The average Bonchev–Trinajstić information content (AvgIpc) is 3.12. The first kappa shape index (κ1) is 22.0. The van der Waals surface area contributed by atoms with E-state index in [4.69, 9.17) is 9.47 Å². The Morgan fingerprint density at radius 3 is 2.47 bits per heavy atom. The first-order valence-corrected chi connectivity index (χ1v) is 10.6. The summed E-state index contributed by atoms with van der Waals surface area (Å²) in [5.74, 6) is -0.946. The van der Waals surface area contributed by atoms with E-state index in [9.17, 15) is 13.6 Å². The normalized spacial score (nSPS) is 18.7. The number of morpholine rings is 1. The van der Waals surface area contributed by atoms with Gasteiger partial charge in [-0.3, -0.25) is 4.79 Å². The Hall–Kier alpha value is -3.19. The molecule has 32 heavy (non-hydrogen) atoms. The minimum atomic E-state index is -0.655. The summed E-state index contributed by atoms with van der Waals surface area (Å²) in [5.41, 5.74) is 0.908. The van der Waals surface area contributed by atoms with Crippen molar-refractivity contribution < 1.29 is 23.0 Å². The Balaban J connectivity index is 1.83. The van der Waals surface area contributed by atoms with Crippen LogP contribution in [0.2, 0.25) is 0 Å². The van der Waals surface area contributed by atoms with Gasteiger partial charge in [0.2, 0.25) is 0 Å². The number of benzene rings is 2. The summed E-state index contributed by atoms with van der Waals surface area (Å²) in [5, 5.41) is 0.698. The summed E-state index contributed by atoms with van der Waals surface area (Å²) in [4.78, 5) is 15.3. The topological polar surface area (TPSA) is 43.7 Å². The number of halogens is 2. The number of hydrogen-bond acceptors (Lipinski definition) is 3. The van der Waals surface area contributed by atoms with E-state index in [-0.39, 0.29) is 30.2 Å². The Morgan fingerprint density at radius 2 is 1.81 bits per heavy atom. The van der Waals surface area contributed by atoms with E-state index in [0.717, 1.165) is 0 Å². The molecule has 3 aromatic rings. The average molecular weight is 440 g/mol. The lowest BCUT2D eigenvalue weighted by Gasteiger charge is -2.35. The second-order valence-corrected chi connectivity index (χ2v) is 8.07. The lowest BCUT2D eigenvalue weighted by atomic mass is 10.2. The number of nitrogens with zero attached hydrogens (tertiary/aromatic N) is 2. The van der Waals surface area contributed by atoms with Crippen LogP contribution in [-0.4, -0.2) is 47.3 Å². The molecule has 2 aromatic carbocycles. The number of carbonyl (C=O) groups excluding carboxylic acids is 1. The third-order valence-electron chi connectivity index (χ3n) is 5.57. The van der Waals surface area contributed by atoms with Crippen molar-refractivity contribution in [2.24, 2.45) is 0 Å². The summed E-state index contributed by atoms with van der Waals surface area (Å²) >= 11 is 0. The molecule has 7 heteroatoms. The maximum Gasteiger partial charge on any atom is 0.270 e. The molecule has 2 heterocycles. The molecule has 1 aromatic heterocycles. The molecular weight excluding hydrogens is 414 g/mol. The fourth-order valence-electron chi connectivity index (χ4n) is 4.23. The lowest BCUT2D eigenvalue weighted by molar-refractivity contribution is -0.0588. The van der Waals surface area contributed by atoms with E-state index in [1.807, 2.05) is 19.9 Å². The molecule has 0 N–H and O–H groups in total.